The fraction of sp³-hybridized carbons (Fsp3) is 0.333. The molecule has 0 fully saturated rings. The smallest absolute Gasteiger partial charge is 0.409 e. The number of amides is 2. The zero-order valence-corrected chi connectivity index (χ0v) is 10.3. The lowest BCUT2D eigenvalue weighted by atomic mass is 9.99. The van der Waals surface area contributed by atoms with E-state index in [1.54, 1.807) is 24.3 Å². The second-order valence-corrected chi connectivity index (χ2v) is 4.09. The van der Waals surface area contributed by atoms with Crippen molar-refractivity contribution >= 4 is 12.2 Å². The number of ether oxygens (including phenoxy) is 2. The van der Waals surface area contributed by atoms with Crippen LogP contribution >= 0.6 is 0 Å². The summed E-state index contributed by atoms with van der Waals surface area (Å²) >= 11 is 0. The quantitative estimate of drug-likeness (QED) is 0.854. The highest BCUT2D eigenvalue weighted by Crippen LogP contribution is 2.27. The van der Waals surface area contributed by atoms with Gasteiger partial charge in [-0.15, -0.1) is 0 Å². The first kappa shape index (κ1) is 13.8. The van der Waals surface area contributed by atoms with Crippen LogP contribution in [0.1, 0.15) is 25.5 Å². The number of nitrogens with two attached hydrogens (primary N) is 2. The van der Waals surface area contributed by atoms with E-state index in [0.717, 1.165) is 5.56 Å². The number of rotatable bonds is 4. The maximum atomic E-state index is 10.8. The molecule has 0 aliphatic heterocycles. The Bertz CT molecular complexity index is 428. The van der Waals surface area contributed by atoms with Gasteiger partial charge in [0.05, 0.1) is 0 Å². The van der Waals surface area contributed by atoms with Gasteiger partial charge in [0.15, 0.2) is 0 Å². The summed E-state index contributed by atoms with van der Waals surface area (Å²) in [6.07, 6.45) is -2.15. The highest BCUT2D eigenvalue weighted by Gasteiger charge is 2.19. The summed E-state index contributed by atoms with van der Waals surface area (Å²) in [6, 6.07) is 6.51. The average molecular weight is 252 g/mol. The van der Waals surface area contributed by atoms with E-state index in [-0.39, 0.29) is 5.92 Å². The second kappa shape index (κ2) is 5.90. The highest BCUT2D eigenvalue weighted by atomic mass is 16.6. The maximum absolute atomic E-state index is 10.8. The molecule has 1 unspecified atom stereocenters. The van der Waals surface area contributed by atoms with Crippen molar-refractivity contribution in [2.24, 2.45) is 17.4 Å². The molecule has 0 aromatic heterocycles. The Labute approximate surface area is 105 Å². The van der Waals surface area contributed by atoms with E-state index >= 15 is 0 Å². The third kappa shape index (κ3) is 3.97. The Morgan fingerprint density at radius 2 is 1.61 bits per heavy atom. The van der Waals surface area contributed by atoms with Gasteiger partial charge < -0.3 is 20.9 Å². The van der Waals surface area contributed by atoms with Crippen molar-refractivity contribution in [1.29, 1.82) is 0 Å². The van der Waals surface area contributed by atoms with E-state index < -0.39 is 18.3 Å². The van der Waals surface area contributed by atoms with Crippen molar-refractivity contribution < 1.29 is 19.1 Å². The predicted molar refractivity (Wildman–Crippen MR) is 64.9 cm³/mol. The van der Waals surface area contributed by atoms with Crippen molar-refractivity contribution in [3.63, 3.8) is 0 Å². The van der Waals surface area contributed by atoms with Crippen LogP contribution < -0.4 is 16.2 Å². The van der Waals surface area contributed by atoms with Gasteiger partial charge in [0.2, 0.25) is 0 Å². The molecule has 98 valence electrons. The number of carbonyl (C=O) groups excluding carboxylic acids is 2. The Balaban J connectivity index is 2.86. The molecule has 2 amide bonds. The Kier molecular flexibility index (Phi) is 4.53. The predicted octanol–water partition coefficient (Wildman–Crippen LogP) is 1.94. The molecule has 1 aromatic carbocycles. The van der Waals surface area contributed by atoms with Crippen LogP contribution in [0.25, 0.3) is 0 Å². The summed E-state index contributed by atoms with van der Waals surface area (Å²) in [7, 11) is 0. The zero-order valence-electron chi connectivity index (χ0n) is 10.3. The Morgan fingerprint density at radius 3 is 2.00 bits per heavy atom. The SMILES string of the molecule is CC(C)C(OC(N)=O)c1ccc(OC(N)=O)cc1. The van der Waals surface area contributed by atoms with Gasteiger partial charge in [-0.2, -0.15) is 0 Å². The summed E-state index contributed by atoms with van der Waals surface area (Å²) in [5, 5.41) is 0. The lowest BCUT2D eigenvalue weighted by molar-refractivity contribution is 0.0784. The van der Waals surface area contributed by atoms with Crippen molar-refractivity contribution in [3.05, 3.63) is 29.8 Å². The number of primary amides is 2. The lowest BCUT2D eigenvalue weighted by Crippen LogP contribution is -2.21. The van der Waals surface area contributed by atoms with E-state index in [4.69, 9.17) is 20.9 Å². The molecule has 18 heavy (non-hydrogen) atoms. The summed E-state index contributed by atoms with van der Waals surface area (Å²) < 4.78 is 9.72. The standard InChI is InChI=1S/C12H16N2O4/c1-7(2)10(18-12(14)16)8-3-5-9(6-4-8)17-11(13)15/h3-7,10H,1-2H3,(H2,13,15)(H2,14,16). The van der Waals surface area contributed by atoms with Gasteiger partial charge in [0.25, 0.3) is 0 Å². The highest BCUT2D eigenvalue weighted by molar-refractivity contribution is 5.68. The van der Waals surface area contributed by atoms with Crippen molar-refractivity contribution in [3.8, 4) is 5.75 Å². The molecule has 0 saturated carbocycles. The third-order valence-corrected chi connectivity index (χ3v) is 2.28. The monoisotopic (exact) mass is 252 g/mol. The summed E-state index contributed by atoms with van der Waals surface area (Å²) in [5.41, 5.74) is 10.7. The van der Waals surface area contributed by atoms with Crippen LogP contribution in [-0.4, -0.2) is 12.2 Å². The minimum atomic E-state index is -0.878. The second-order valence-electron chi connectivity index (χ2n) is 4.09. The van der Waals surface area contributed by atoms with Crippen LogP contribution in [0, 0.1) is 5.92 Å². The zero-order chi connectivity index (χ0) is 13.7. The maximum Gasteiger partial charge on any atom is 0.409 e. The van der Waals surface area contributed by atoms with Gasteiger partial charge in [-0.1, -0.05) is 26.0 Å². The van der Waals surface area contributed by atoms with E-state index in [0.29, 0.717) is 5.75 Å². The van der Waals surface area contributed by atoms with Crippen molar-refractivity contribution in [1.82, 2.24) is 0 Å². The van der Waals surface area contributed by atoms with Crippen LogP contribution in [0.3, 0.4) is 0 Å². The molecule has 0 heterocycles. The van der Waals surface area contributed by atoms with Gasteiger partial charge in [-0.05, 0) is 23.6 Å². The van der Waals surface area contributed by atoms with Crippen LogP contribution in [0.15, 0.2) is 24.3 Å². The van der Waals surface area contributed by atoms with Crippen LogP contribution in [0.4, 0.5) is 9.59 Å². The van der Waals surface area contributed by atoms with Gasteiger partial charge in [0.1, 0.15) is 11.9 Å². The van der Waals surface area contributed by atoms with Gasteiger partial charge in [-0.25, -0.2) is 9.59 Å². The Morgan fingerprint density at radius 1 is 1.06 bits per heavy atom. The van der Waals surface area contributed by atoms with E-state index in [1.165, 1.54) is 0 Å². The molecule has 1 aromatic rings. The minimum absolute atomic E-state index is 0.0698. The molecule has 4 N–H and O–H groups in total. The molecule has 0 bridgehead atoms. The van der Waals surface area contributed by atoms with Gasteiger partial charge in [-0.3, -0.25) is 0 Å². The molecular weight excluding hydrogens is 236 g/mol. The van der Waals surface area contributed by atoms with Crippen LogP contribution in [-0.2, 0) is 4.74 Å². The first-order chi connectivity index (χ1) is 8.40. The van der Waals surface area contributed by atoms with E-state index in [9.17, 15) is 9.59 Å². The minimum Gasteiger partial charge on any atom is -0.441 e. The Hall–Kier alpha value is -2.24. The van der Waals surface area contributed by atoms with Crippen molar-refractivity contribution in [2.45, 2.75) is 20.0 Å². The van der Waals surface area contributed by atoms with E-state index in [2.05, 4.69) is 0 Å². The first-order valence-electron chi connectivity index (χ1n) is 5.43. The molecule has 6 heteroatoms. The number of hydrogen-bond acceptors (Lipinski definition) is 4. The van der Waals surface area contributed by atoms with Crippen molar-refractivity contribution in [2.75, 3.05) is 0 Å². The molecule has 1 atom stereocenters. The molecule has 1 rings (SSSR count). The molecule has 0 aliphatic rings. The summed E-state index contributed by atoms with van der Waals surface area (Å²) in [6.45, 7) is 3.81. The molecule has 0 radical (unpaired) electrons. The number of hydrogen-bond donors (Lipinski definition) is 2. The lowest BCUT2D eigenvalue weighted by Gasteiger charge is -2.20. The fourth-order valence-electron chi connectivity index (χ4n) is 1.56. The summed E-state index contributed by atoms with van der Waals surface area (Å²) in [5.74, 6) is 0.397. The average Bonchev–Trinajstić information content (AvgIpc) is 2.26. The fourth-order valence-corrected chi connectivity index (χ4v) is 1.56. The normalized spacial score (nSPS) is 11.9. The summed E-state index contributed by atoms with van der Waals surface area (Å²) in [4.78, 5) is 21.4. The molecular formula is C12H16N2O4. The topological polar surface area (TPSA) is 105 Å². The molecule has 0 aliphatic carbocycles. The van der Waals surface area contributed by atoms with E-state index in [1.807, 2.05) is 13.8 Å². The number of carbonyl (C=O) groups is 2. The molecule has 0 spiro atoms. The largest absolute Gasteiger partial charge is 0.441 e. The third-order valence-electron chi connectivity index (χ3n) is 2.28. The molecule has 6 nitrogen and oxygen atoms in total. The number of benzene rings is 1. The van der Waals surface area contributed by atoms with Crippen LogP contribution in [0.2, 0.25) is 0 Å². The molecule has 0 saturated heterocycles. The van der Waals surface area contributed by atoms with Gasteiger partial charge >= 0.3 is 12.2 Å². The first-order valence-corrected chi connectivity index (χ1v) is 5.43. The van der Waals surface area contributed by atoms with Gasteiger partial charge in [0, 0.05) is 0 Å². The van der Waals surface area contributed by atoms with Crippen LogP contribution in [0.5, 0.6) is 5.75 Å².